The lowest BCUT2D eigenvalue weighted by molar-refractivity contribution is 0.669. The molecule has 1 aromatic heterocycles. The summed E-state index contributed by atoms with van der Waals surface area (Å²) in [6.07, 6.45) is 0. The van der Waals surface area contributed by atoms with E-state index in [9.17, 15) is 0 Å². The van der Waals surface area contributed by atoms with Gasteiger partial charge in [-0.05, 0) is 94.7 Å². The predicted molar refractivity (Wildman–Crippen MR) is 191 cm³/mol. The van der Waals surface area contributed by atoms with Crippen LogP contribution in [0.2, 0.25) is 0 Å². The highest BCUT2D eigenvalue weighted by Crippen LogP contribution is 2.45. The van der Waals surface area contributed by atoms with Crippen LogP contribution in [-0.4, -0.2) is 0 Å². The van der Waals surface area contributed by atoms with Gasteiger partial charge in [0, 0.05) is 10.8 Å². The van der Waals surface area contributed by atoms with Crippen LogP contribution in [0.1, 0.15) is 0 Å². The Labute approximate surface area is 259 Å². The summed E-state index contributed by atoms with van der Waals surface area (Å²) in [4.78, 5) is 0. The van der Waals surface area contributed by atoms with Crippen molar-refractivity contribution in [1.29, 1.82) is 0 Å². The van der Waals surface area contributed by atoms with Gasteiger partial charge in [-0.2, -0.15) is 0 Å². The average Bonchev–Trinajstić information content (AvgIpc) is 3.49. The van der Waals surface area contributed by atoms with E-state index in [1.165, 1.54) is 76.5 Å². The van der Waals surface area contributed by atoms with Crippen LogP contribution in [-0.2, 0) is 0 Å². The van der Waals surface area contributed by atoms with E-state index >= 15 is 0 Å². The lowest BCUT2D eigenvalue weighted by Crippen LogP contribution is -1.90. The van der Waals surface area contributed by atoms with E-state index in [2.05, 4.69) is 158 Å². The van der Waals surface area contributed by atoms with E-state index in [0.717, 1.165) is 21.9 Å². The smallest absolute Gasteiger partial charge is 0.136 e. The minimum atomic E-state index is 0.912. The molecule has 0 unspecified atom stereocenters. The second-order valence-corrected chi connectivity index (χ2v) is 12.0. The van der Waals surface area contributed by atoms with Crippen molar-refractivity contribution in [2.45, 2.75) is 0 Å². The van der Waals surface area contributed by atoms with Gasteiger partial charge >= 0.3 is 0 Å². The Kier molecular flexibility index (Phi) is 5.06. The topological polar surface area (TPSA) is 13.1 Å². The molecule has 1 nitrogen and oxygen atoms in total. The van der Waals surface area contributed by atoms with Gasteiger partial charge in [0.05, 0.1) is 0 Å². The van der Waals surface area contributed by atoms with Crippen LogP contribution in [0.15, 0.2) is 162 Å². The molecule has 0 fully saturated rings. The second-order valence-electron chi connectivity index (χ2n) is 12.0. The first-order valence-electron chi connectivity index (χ1n) is 15.5. The molecule has 0 aliphatic rings. The van der Waals surface area contributed by atoms with Crippen molar-refractivity contribution in [1.82, 2.24) is 0 Å². The van der Waals surface area contributed by atoms with Gasteiger partial charge in [0.2, 0.25) is 0 Å². The zero-order chi connectivity index (χ0) is 29.5. The Hall–Kier alpha value is -5.92. The Balaban J connectivity index is 1.26. The third-order valence-electron chi connectivity index (χ3n) is 9.64. The maximum absolute atomic E-state index is 6.43. The summed E-state index contributed by atoms with van der Waals surface area (Å²) in [6, 6.07) is 57.3. The first-order valence-corrected chi connectivity index (χ1v) is 15.5. The number of hydrogen-bond donors (Lipinski definition) is 0. The monoisotopic (exact) mass is 570 g/mol. The number of hydrogen-bond acceptors (Lipinski definition) is 1. The molecule has 208 valence electrons. The molecular weight excluding hydrogens is 544 g/mol. The molecule has 0 aliphatic heterocycles. The van der Waals surface area contributed by atoms with Crippen molar-refractivity contribution >= 4 is 65.0 Å². The third kappa shape index (κ3) is 3.56. The highest BCUT2D eigenvalue weighted by Gasteiger charge is 2.19. The molecule has 0 spiro atoms. The van der Waals surface area contributed by atoms with Gasteiger partial charge in [0.25, 0.3) is 0 Å². The fourth-order valence-corrected chi connectivity index (χ4v) is 7.59. The lowest BCUT2D eigenvalue weighted by atomic mass is 9.86. The fraction of sp³-hybridized carbons (Fsp3) is 0. The molecule has 0 bridgehead atoms. The van der Waals surface area contributed by atoms with E-state index < -0.39 is 0 Å². The summed E-state index contributed by atoms with van der Waals surface area (Å²) < 4.78 is 6.43. The first-order chi connectivity index (χ1) is 22.3. The molecule has 1 heteroatoms. The fourth-order valence-electron chi connectivity index (χ4n) is 7.59. The van der Waals surface area contributed by atoms with Crippen molar-refractivity contribution in [3.05, 3.63) is 158 Å². The molecule has 0 saturated heterocycles. The van der Waals surface area contributed by atoms with Crippen LogP contribution in [0.3, 0.4) is 0 Å². The van der Waals surface area contributed by atoms with E-state index in [0.29, 0.717) is 0 Å². The van der Waals surface area contributed by atoms with Gasteiger partial charge in [-0.3, -0.25) is 0 Å². The molecule has 0 N–H and O–H groups in total. The van der Waals surface area contributed by atoms with Crippen LogP contribution in [0, 0.1) is 0 Å². The zero-order valence-electron chi connectivity index (χ0n) is 24.4. The maximum atomic E-state index is 6.43. The summed E-state index contributed by atoms with van der Waals surface area (Å²) in [7, 11) is 0. The van der Waals surface area contributed by atoms with Crippen molar-refractivity contribution in [3.8, 4) is 33.4 Å². The molecule has 0 saturated carbocycles. The Morgan fingerprint density at radius 1 is 0.289 bits per heavy atom. The molecule has 10 aromatic rings. The van der Waals surface area contributed by atoms with Crippen LogP contribution in [0.5, 0.6) is 0 Å². The number of furan rings is 1. The van der Waals surface area contributed by atoms with E-state index in [4.69, 9.17) is 4.42 Å². The molecule has 0 atom stereocenters. The lowest BCUT2D eigenvalue weighted by Gasteiger charge is -2.17. The Bertz CT molecular complexity index is 2740. The van der Waals surface area contributed by atoms with Crippen LogP contribution < -0.4 is 0 Å². The van der Waals surface area contributed by atoms with Crippen LogP contribution in [0.4, 0.5) is 0 Å². The van der Waals surface area contributed by atoms with Gasteiger partial charge in [-0.25, -0.2) is 0 Å². The summed E-state index contributed by atoms with van der Waals surface area (Å²) in [6.45, 7) is 0. The number of benzene rings is 9. The second kappa shape index (κ2) is 9.29. The van der Waals surface area contributed by atoms with Crippen molar-refractivity contribution in [2.24, 2.45) is 0 Å². The first kappa shape index (κ1) is 24.5. The third-order valence-corrected chi connectivity index (χ3v) is 9.64. The SMILES string of the molecule is c1ccc(-c2ccc3oc4cccc(-c5ccc6ccc7c(-c8cccc9ccccc89)ccc8ccc5c6c87)c4c3c2)cc1. The number of rotatable bonds is 3. The maximum Gasteiger partial charge on any atom is 0.136 e. The average molecular weight is 571 g/mol. The summed E-state index contributed by atoms with van der Waals surface area (Å²) in [5.41, 5.74) is 9.19. The normalized spacial score (nSPS) is 12.0. The molecule has 0 amide bonds. The Morgan fingerprint density at radius 3 is 1.71 bits per heavy atom. The van der Waals surface area contributed by atoms with Gasteiger partial charge in [0.1, 0.15) is 11.2 Å². The van der Waals surface area contributed by atoms with Gasteiger partial charge in [-0.1, -0.05) is 140 Å². The van der Waals surface area contributed by atoms with Crippen molar-refractivity contribution < 1.29 is 4.42 Å². The van der Waals surface area contributed by atoms with Crippen LogP contribution in [0.25, 0.3) is 98.4 Å². The Morgan fingerprint density at radius 2 is 0.911 bits per heavy atom. The largest absolute Gasteiger partial charge is 0.456 e. The highest BCUT2D eigenvalue weighted by molar-refractivity contribution is 6.29. The van der Waals surface area contributed by atoms with Gasteiger partial charge in [0.15, 0.2) is 0 Å². The van der Waals surface area contributed by atoms with E-state index in [1.54, 1.807) is 0 Å². The molecule has 45 heavy (non-hydrogen) atoms. The van der Waals surface area contributed by atoms with Crippen molar-refractivity contribution in [3.63, 3.8) is 0 Å². The molecular formula is C44H26O. The molecule has 9 aromatic carbocycles. The summed E-state index contributed by atoms with van der Waals surface area (Å²) in [5.74, 6) is 0. The minimum Gasteiger partial charge on any atom is -0.456 e. The van der Waals surface area contributed by atoms with Gasteiger partial charge < -0.3 is 4.42 Å². The van der Waals surface area contributed by atoms with Crippen molar-refractivity contribution in [2.75, 3.05) is 0 Å². The quantitative estimate of drug-likeness (QED) is 0.193. The number of fused-ring (bicyclic) bond motifs is 4. The van der Waals surface area contributed by atoms with Crippen LogP contribution >= 0.6 is 0 Å². The summed E-state index contributed by atoms with van der Waals surface area (Å²) >= 11 is 0. The van der Waals surface area contributed by atoms with Gasteiger partial charge in [-0.15, -0.1) is 0 Å². The molecule has 10 rings (SSSR count). The molecule has 0 radical (unpaired) electrons. The summed E-state index contributed by atoms with van der Waals surface area (Å²) in [5, 5.41) is 12.6. The van der Waals surface area contributed by atoms with E-state index in [1.807, 2.05) is 0 Å². The zero-order valence-corrected chi connectivity index (χ0v) is 24.4. The minimum absolute atomic E-state index is 0.912. The molecule has 1 heterocycles. The highest BCUT2D eigenvalue weighted by atomic mass is 16.3. The predicted octanol–water partition coefficient (Wildman–Crippen LogP) is 12.6. The van der Waals surface area contributed by atoms with E-state index in [-0.39, 0.29) is 0 Å². The standard InChI is InChI=1S/C44H26O/c1-2-8-27(9-3-1)31-20-25-40-39(26-31)44-36(14-7-15-41(44)45-40)35-22-17-30-18-23-37-34(21-16-29-19-24-38(35)43(30)42(29)37)33-13-6-11-28-10-4-5-12-32(28)33/h1-26H. The molecule has 0 aliphatic carbocycles.